The first kappa shape index (κ1) is 30.8. The van der Waals surface area contributed by atoms with Gasteiger partial charge in [-0.25, -0.2) is 9.79 Å². The lowest BCUT2D eigenvalue weighted by Gasteiger charge is -2.25. The summed E-state index contributed by atoms with van der Waals surface area (Å²) in [4.78, 5) is 44.9. The lowest BCUT2D eigenvalue weighted by atomic mass is 9.95. The topological polar surface area (TPSA) is 110 Å². The molecule has 0 N–H and O–H groups in total. The molecule has 0 saturated carbocycles. The molecule has 1 atom stereocenters. The number of ether oxygens (including phenoxy) is 4. The number of fused-ring (bicyclic) bond motifs is 2. The smallest absolute Gasteiger partial charge is 0.338 e. The number of hydrogen-bond acceptors (Lipinski definition) is 9. The van der Waals surface area contributed by atoms with Crippen LogP contribution in [0.4, 0.5) is 0 Å². The Bertz CT molecular complexity index is 1950. The van der Waals surface area contributed by atoms with E-state index in [0.717, 1.165) is 16.5 Å². The van der Waals surface area contributed by atoms with Gasteiger partial charge in [-0.05, 0) is 64.5 Å². The molecule has 3 heterocycles. The first-order valence-electron chi connectivity index (χ1n) is 14.4. The average Bonchev–Trinajstić information content (AvgIpc) is 3.48. The van der Waals surface area contributed by atoms with Gasteiger partial charge in [0, 0.05) is 22.7 Å². The monoisotopic (exact) mass is 617 g/mol. The van der Waals surface area contributed by atoms with Crippen LogP contribution in [0.15, 0.2) is 69.7 Å². The number of esters is 2. The molecule has 0 saturated heterocycles. The van der Waals surface area contributed by atoms with Crippen molar-refractivity contribution < 1.29 is 28.5 Å². The van der Waals surface area contributed by atoms with Gasteiger partial charge in [0.15, 0.2) is 16.3 Å². The molecule has 4 aromatic rings. The number of para-hydroxylation sites is 1. The van der Waals surface area contributed by atoms with Crippen LogP contribution in [0, 0.1) is 0 Å². The highest BCUT2D eigenvalue weighted by molar-refractivity contribution is 7.07. The highest BCUT2D eigenvalue weighted by Gasteiger charge is 2.34. The van der Waals surface area contributed by atoms with E-state index in [1.807, 2.05) is 54.9 Å². The van der Waals surface area contributed by atoms with Crippen LogP contribution in [0.5, 0.6) is 11.5 Å². The van der Waals surface area contributed by atoms with Gasteiger partial charge in [0.05, 0.1) is 48.3 Å². The van der Waals surface area contributed by atoms with E-state index in [9.17, 15) is 14.4 Å². The van der Waals surface area contributed by atoms with E-state index in [2.05, 4.69) is 4.99 Å². The maximum Gasteiger partial charge on any atom is 0.338 e. The van der Waals surface area contributed by atoms with Crippen LogP contribution in [0.2, 0.25) is 0 Å². The molecule has 0 unspecified atom stereocenters. The van der Waals surface area contributed by atoms with E-state index in [-0.39, 0.29) is 36.4 Å². The van der Waals surface area contributed by atoms with E-state index >= 15 is 0 Å². The van der Waals surface area contributed by atoms with Crippen molar-refractivity contribution in [3.8, 4) is 11.5 Å². The third kappa shape index (κ3) is 5.92. The van der Waals surface area contributed by atoms with Crippen LogP contribution in [0.3, 0.4) is 0 Å². The number of rotatable bonds is 10. The van der Waals surface area contributed by atoms with Crippen LogP contribution in [-0.2, 0) is 25.6 Å². The lowest BCUT2D eigenvalue weighted by Crippen LogP contribution is -2.40. The average molecular weight is 618 g/mol. The SMILES string of the molecule is CCOC(=O)Cn1cc(/C=c2/sc3n(c2=O)[C@@H](c2ccc(OC(C)C)c(OC)c2)C(C(=O)OCC)=C(C)N=3)c2ccccc21. The summed E-state index contributed by atoms with van der Waals surface area (Å²) in [6.45, 7) is 9.60. The molecule has 0 bridgehead atoms. The van der Waals surface area contributed by atoms with Gasteiger partial charge >= 0.3 is 11.9 Å². The molecule has 0 aliphatic carbocycles. The molecule has 2 aromatic heterocycles. The van der Waals surface area contributed by atoms with E-state index < -0.39 is 12.0 Å². The summed E-state index contributed by atoms with van der Waals surface area (Å²) in [6, 6.07) is 12.2. The lowest BCUT2D eigenvalue weighted by molar-refractivity contribution is -0.143. The molecule has 0 amide bonds. The standard InChI is InChI=1S/C33H35N3O7S/c1-7-41-28(37)18-35-17-22(23-11-9-10-12-24(23)35)16-27-31(38)36-30(21-13-14-25(43-19(3)4)26(15-21)40-6)29(32(39)42-8-2)20(5)34-33(36)44-27/h9-17,19,30H,7-8,18H2,1-6H3/b27-16+/t30-/m0/s1. The first-order chi connectivity index (χ1) is 21.2. The number of allylic oxidation sites excluding steroid dienone is 1. The Morgan fingerprint density at radius 1 is 1.07 bits per heavy atom. The summed E-state index contributed by atoms with van der Waals surface area (Å²) >= 11 is 1.23. The number of nitrogens with zero attached hydrogens (tertiary/aromatic N) is 3. The van der Waals surface area contributed by atoms with Crippen molar-refractivity contribution in [1.29, 1.82) is 0 Å². The van der Waals surface area contributed by atoms with E-state index in [4.69, 9.17) is 18.9 Å². The molecule has 11 heteroatoms. The second-order valence-electron chi connectivity index (χ2n) is 10.4. The molecule has 2 aromatic carbocycles. The third-order valence-corrected chi connectivity index (χ3v) is 8.08. The Hall–Kier alpha value is -4.64. The molecule has 0 spiro atoms. The Labute approximate surface area is 258 Å². The van der Waals surface area contributed by atoms with Crippen LogP contribution in [0.25, 0.3) is 17.0 Å². The number of thiazole rings is 1. The van der Waals surface area contributed by atoms with Crippen molar-refractivity contribution >= 4 is 40.3 Å². The minimum atomic E-state index is -0.806. The minimum absolute atomic E-state index is 0.0455. The number of benzene rings is 2. The second-order valence-corrected chi connectivity index (χ2v) is 11.4. The first-order valence-corrected chi connectivity index (χ1v) is 15.3. The van der Waals surface area contributed by atoms with Gasteiger partial charge in [-0.1, -0.05) is 35.6 Å². The number of carbonyl (C=O) groups excluding carboxylic acids is 2. The molecule has 0 fully saturated rings. The molecule has 5 rings (SSSR count). The van der Waals surface area contributed by atoms with Crippen molar-refractivity contribution in [3.05, 3.63) is 90.7 Å². The van der Waals surface area contributed by atoms with E-state index in [1.54, 1.807) is 46.1 Å². The van der Waals surface area contributed by atoms with Crippen LogP contribution >= 0.6 is 11.3 Å². The number of aromatic nitrogens is 2. The second kappa shape index (κ2) is 12.9. The number of hydrogen-bond donors (Lipinski definition) is 0. The number of methoxy groups -OCH3 is 1. The van der Waals surface area contributed by atoms with E-state index in [0.29, 0.717) is 38.7 Å². The van der Waals surface area contributed by atoms with Crippen molar-refractivity contribution in [2.75, 3.05) is 20.3 Å². The molecule has 1 aliphatic rings. The zero-order valence-corrected chi connectivity index (χ0v) is 26.4. The zero-order valence-electron chi connectivity index (χ0n) is 25.6. The zero-order chi connectivity index (χ0) is 31.5. The molecule has 10 nitrogen and oxygen atoms in total. The predicted molar refractivity (Wildman–Crippen MR) is 168 cm³/mol. The van der Waals surface area contributed by atoms with Gasteiger partial charge in [0.25, 0.3) is 5.56 Å². The van der Waals surface area contributed by atoms with Crippen molar-refractivity contribution in [3.63, 3.8) is 0 Å². The summed E-state index contributed by atoms with van der Waals surface area (Å²) in [5.74, 6) is 0.139. The largest absolute Gasteiger partial charge is 0.493 e. The van der Waals surface area contributed by atoms with Crippen molar-refractivity contribution in [1.82, 2.24) is 9.13 Å². The van der Waals surface area contributed by atoms with Gasteiger partial charge in [-0.3, -0.25) is 14.2 Å². The molecule has 0 radical (unpaired) electrons. The fraction of sp³-hybridized carbons (Fsp3) is 0.333. The maximum absolute atomic E-state index is 14.2. The quantitative estimate of drug-likeness (QED) is 0.246. The Balaban J connectivity index is 1.69. The summed E-state index contributed by atoms with van der Waals surface area (Å²) < 4.78 is 25.9. The summed E-state index contributed by atoms with van der Waals surface area (Å²) in [5, 5.41) is 0.882. The predicted octanol–water partition coefficient (Wildman–Crippen LogP) is 4.11. The fourth-order valence-electron chi connectivity index (χ4n) is 5.32. The molecule has 44 heavy (non-hydrogen) atoms. The van der Waals surface area contributed by atoms with E-state index in [1.165, 1.54) is 15.9 Å². The van der Waals surface area contributed by atoms with Gasteiger partial charge in [-0.15, -0.1) is 0 Å². The maximum atomic E-state index is 14.2. The van der Waals surface area contributed by atoms with Crippen LogP contribution < -0.4 is 24.4 Å². The molecule has 1 aliphatic heterocycles. The van der Waals surface area contributed by atoms with Crippen LogP contribution in [-0.4, -0.2) is 47.5 Å². The minimum Gasteiger partial charge on any atom is -0.493 e. The van der Waals surface area contributed by atoms with Gasteiger partial charge in [-0.2, -0.15) is 0 Å². The summed E-state index contributed by atoms with van der Waals surface area (Å²) in [5.41, 5.74) is 2.69. The Morgan fingerprint density at radius 3 is 2.52 bits per heavy atom. The summed E-state index contributed by atoms with van der Waals surface area (Å²) in [6.07, 6.45) is 3.56. The molecule has 230 valence electrons. The molecular weight excluding hydrogens is 582 g/mol. The normalized spacial score (nSPS) is 14.9. The van der Waals surface area contributed by atoms with Gasteiger partial charge < -0.3 is 23.5 Å². The van der Waals surface area contributed by atoms with Crippen molar-refractivity contribution in [2.45, 2.75) is 53.3 Å². The van der Waals surface area contributed by atoms with Crippen LogP contribution in [0.1, 0.15) is 51.8 Å². The Morgan fingerprint density at radius 2 is 1.82 bits per heavy atom. The summed E-state index contributed by atoms with van der Waals surface area (Å²) in [7, 11) is 1.55. The number of carbonyl (C=O) groups is 2. The Kier molecular flexibility index (Phi) is 9.05. The molecular formula is C33H35N3O7S. The van der Waals surface area contributed by atoms with Crippen molar-refractivity contribution in [2.24, 2.45) is 4.99 Å². The highest BCUT2D eigenvalue weighted by atomic mass is 32.1. The fourth-order valence-corrected chi connectivity index (χ4v) is 6.36. The van der Waals surface area contributed by atoms with Gasteiger partial charge in [0.1, 0.15) is 6.54 Å². The third-order valence-electron chi connectivity index (χ3n) is 7.09. The van der Waals surface area contributed by atoms with Gasteiger partial charge in [0.2, 0.25) is 0 Å². The highest BCUT2D eigenvalue weighted by Crippen LogP contribution is 2.36.